The SMILES string of the molecule is Cc1cc2c(c(=O)o1)[C@@]1(C(=O)N(C)c3ccccc31)C1(O2)C(=O)c2ccccc2C1=O. The number of nitrogens with zero attached hydrogens (tertiary/aromatic N) is 1. The highest BCUT2D eigenvalue weighted by atomic mass is 16.5. The van der Waals surface area contributed by atoms with Crippen molar-refractivity contribution in [3.05, 3.63) is 93.0 Å². The van der Waals surface area contributed by atoms with E-state index in [1.165, 1.54) is 23.1 Å². The lowest BCUT2D eigenvalue weighted by Crippen LogP contribution is -2.64. The van der Waals surface area contributed by atoms with Crippen molar-refractivity contribution < 1.29 is 23.5 Å². The summed E-state index contributed by atoms with van der Waals surface area (Å²) in [6.07, 6.45) is 0. The Hall–Kier alpha value is -4.00. The summed E-state index contributed by atoms with van der Waals surface area (Å²) in [5.41, 5.74) is -3.95. The Balaban J connectivity index is 1.82. The van der Waals surface area contributed by atoms with Crippen molar-refractivity contribution >= 4 is 23.2 Å². The highest BCUT2D eigenvalue weighted by Crippen LogP contribution is 2.61. The Morgan fingerprint density at radius 1 is 0.871 bits per heavy atom. The normalized spacial score (nSPS) is 22.1. The third-order valence-corrected chi connectivity index (χ3v) is 6.56. The molecule has 2 aromatic carbocycles. The maximum absolute atomic E-state index is 14.0. The lowest BCUT2D eigenvalue weighted by molar-refractivity contribution is -0.124. The number of benzene rings is 2. The monoisotopic (exact) mass is 413 g/mol. The molecule has 0 bridgehead atoms. The summed E-state index contributed by atoms with van der Waals surface area (Å²) in [6, 6.07) is 14.6. The largest absolute Gasteiger partial charge is 0.468 e. The van der Waals surface area contributed by atoms with E-state index in [4.69, 9.17) is 9.15 Å². The van der Waals surface area contributed by atoms with Crippen LogP contribution in [-0.4, -0.2) is 30.1 Å². The quantitative estimate of drug-likeness (QED) is 0.526. The molecule has 1 amide bonds. The molecule has 3 aromatic rings. The third-order valence-electron chi connectivity index (χ3n) is 6.56. The Labute approximate surface area is 175 Å². The van der Waals surface area contributed by atoms with Crippen molar-refractivity contribution in [2.24, 2.45) is 0 Å². The smallest absolute Gasteiger partial charge is 0.344 e. The fourth-order valence-corrected chi connectivity index (χ4v) is 5.36. The number of hydrogen-bond donors (Lipinski definition) is 0. The molecule has 0 saturated carbocycles. The van der Waals surface area contributed by atoms with E-state index in [1.54, 1.807) is 50.4 Å². The lowest BCUT2D eigenvalue weighted by atomic mass is 9.63. The minimum absolute atomic E-state index is 0.0155. The summed E-state index contributed by atoms with van der Waals surface area (Å²) in [5, 5.41) is 0. The molecule has 2 spiro atoms. The summed E-state index contributed by atoms with van der Waals surface area (Å²) in [6.45, 7) is 1.56. The second kappa shape index (κ2) is 5.37. The molecule has 152 valence electrons. The Morgan fingerprint density at radius 3 is 2.16 bits per heavy atom. The molecule has 0 fully saturated rings. The van der Waals surface area contributed by atoms with E-state index in [9.17, 15) is 19.2 Å². The average Bonchev–Trinajstić information content (AvgIpc) is 3.28. The van der Waals surface area contributed by atoms with Gasteiger partial charge in [-0.3, -0.25) is 14.4 Å². The first-order valence-corrected chi connectivity index (χ1v) is 9.76. The minimum Gasteiger partial charge on any atom is -0.468 e. The summed E-state index contributed by atoms with van der Waals surface area (Å²) < 4.78 is 11.5. The molecule has 0 unspecified atom stereocenters. The number of para-hydroxylation sites is 1. The number of ether oxygens (including phenoxy) is 1. The fraction of sp³-hybridized carbons (Fsp3) is 0.167. The molecule has 0 N–H and O–H groups in total. The number of aryl methyl sites for hydroxylation is 1. The molecule has 7 heteroatoms. The maximum atomic E-state index is 14.0. The van der Waals surface area contributed by atoms with Crippen molar-refractivity contribution in [3.63, 3.8) is 0 Å². The van der Waals surface area contributed by atoms with Crippen LogP contribution in [0.5, 0.6) is 5.75 Å². The van der Waals surface area contributed by atoms with E-state index < -0.39 is 34.1 Å². The zero-order chi connectivity index (χ0) is 21.7. The summed E-state index contributed by atoms with van der Waals surface area (Å²) in [7, 11) is 1.55. The molecule has 1 aliphatic carbocycles. The zero-order valence-electron chi connectivity index (χ0n) is 16.6. The Bertz CT molecular complexity index is 1400. The third kappa shape index (κ3) is 1.69. The predicted octanol–water partition coefficient (Wildman–Crippen LogP) is 2.42. The van der Waals surface area contributed by atoms with Crippen molar-refractivity contribution in [2.75, 3.05) is 11.9 Å². The number of amides is 1. The van der Waals surface area contributed by atoms with Crippen LogP contribution in [0, 0.1) is 6.92 Å². The van der Waals surface area contributed by atoms with Gasteiger partial charge < -0.3 is 14.1 Å². The van der Waals surface area contributed by atoms with Gasteiger partial charge in [-0.25, -0.2) is 4.79 Å². The van der Waals surface area contributed by atoms with E-state index in [-0.39, 0.29) is 28.2 Å². The molecule has 1 atom stereocenters. The fourth-order valence-electron chi connectivity index (χ4n) is 5.36. The number of anilines is 1. The second-order valence-corrected chi connectivity index (χ2v) is 8.00. The van der Waals surface area contributed by atoms with E-state index >= 15 is 0 Å². The van der Waals surface area contributed by atoms with E-state index in [2.05, 4.69) is 0 Å². The molecular weight excluding hydrogens is 398 g/mol. The first-order chi connectivity index (χ1) is 14.9. The number of ketones is 2. The number of hydrogen-bond acceptors (Lipinski definition) is 6. The molecule has 0 radical (unpaired) electrons. The van der Waals surface area contributed by atoms with Gasteiger partial charge in [0.25, 0.3) is 5.60 Å². The highest BCUT2D eigenvalue weighted by molar-refractivity contribution is 6.38. The number of carbonyl (C=O) groups is 3. The molecule has 2 aliphatic heterocycles. The van der Waals surface area contributed by atoms with Gasteiger partial charge in [0.05, 0.1) is 0 Å². The number of likely N-dealkylation sites (N-methyl/N-ethyl adjacent to an activating group) is 1. The average molecular weight is 413 g/mol. The summed E-state index contributed by atoms with van der Waals surface area (Å²) in [4.78, 5) is 56.2. The number of fused-ring (bicyclic) bond motifs is 6. The van der Waals surface area contributed by atoms with Gasteiger partial charge in [-0.2, -0.15) is 0 Å². The van der Waals surface area contributed by atoms with Gasteiger partial charge in [0, 0.05) is 35.5 Å². The van der Waals surface area contributed by atoms with Crippen LogP contribution in [0.25, 0.3) is 0 Å². The summed E-state index contributed by atoms with van der Waals surface area (Å²) >= 11 is 0. The van der Waals surface area contributed by atoms with Crippen LogP contribution in [0.2, 0.25) is 0 Å². The first-order valence-electron chi connectivity index (χ1n) is 9.76. The highest BCUT2D eigenvalue weighted by Gasteiger charge is 2.79. The lowest BCUT2D eigenvalue weighted by Gasteiger charge is -2.34. The van der Waals surface area contributed by atoms with E-state index in [0.717, 1.165) is 0 Å². The van der Waals surface area contributed by atoms with Gasteiger partial charge in [0.1, 0.15) is 17.1 Å². The molecule has 6 rings (SSSR count). The Morgan fingerprint density at radius 2 is 1.48 bits per heavy atom. The van der Waals surface area contributed by atoms with Crippen LogP contribution >= 0.6 is 0 Å². The van der Waals surface area contributed by atoms with Crippen LogP contribution < -0.4 is 15.3 Å². The van der Waals surface area contributed by atoms with Crippen molar-refractivity contribution in [1.29, 1.82) is 0 Å². The number of rotatable bonds is 0. The first kappa shape index (κ1) is 17.8. The van der Waals surface area contributed by atoms with Gasteiger partial charge in [0.15, 0.2) is 5.41 Å². The number of carbonyl (C=O) groups excluding carboxylic acids is 3. The van der Waals surface area contributed by atoms with Gasteiger partial charge in [-0.05, 0) is 13.0 Å². The molecule has 1 aromatic heterocycles. The zero-order valence-corrected chi connectivity index (χ0v) is 16.6. The van der Waals surface area contributed by atoms with Crippen LogP contribution in [0.1, 0.15) is 37.6 Å². The predicted molar refractivity (Wildman–Crippen MR) is 109 cm³/mol. The maximum Gasteiger partial charge on any atom is 0.344 e. The van der Waals surface area contributed by atoms with Crippen molar-refractivity contribution in [3.8, 4) is 5.75 Å². The molecule has 3 heterocycles. The van der Waals surface area contributed by atoms with Crippen molar-refractivity contribution in [1.82, 2.24) is 0 Å². The summed E-state index contributed by atoms with van der Waals surface area (Å²) in [5.74, 6) is -1.60. The standard InChI is InChI=1S/C24H15NO6/c1-12-11-17-18(21(28)30-12)23(15-9-5-6-10-16(15)25(2)22(23)29)24(31-17)19(26)13-7-3-4-8-14(13)20(24)27/h3-11H,1-2H3/t23-/m0/s1. The van der Waals surface area contributed by atoms with Gasteiger partial charge in [-0.15, -0.1) is 0 Å². The molecule has 7 nitrogen and oxygen atoms in total. The van der Waals surface area contributed by atoms with Crippen LogP contribution in [0.15, 0.2) is 63.8 Å². The minimum atomic E-state index is -2.25. The van der Waals surface area contributed by atoms with Crippen LogP contribution in [-0.2, 0) is 10.2 Å². The second-order valence-electron chi connectivity index (χ2n) is 8.00. The van der Waals surface area contributed by atoms with E-state index in [0.29, 0.717) is 11.3 Å². The Kier molecular flexibility index (Phi) is 3.09. The van der Waals surface area contributed by atoms with Gasteiger partial charge >= 0.3 is 5.63 Å². The van der Waals surface area contributed by atoms with Crippen molar-refractivity contribution in [2.45, 2.75) is 17.9 Å². The van der Waals surface area contributed by atoms with Gasteiger partial charge in [0.2, 0.25) is 17.5 Å². The molecule has 3 aliphatic rings. The van der Waals surface area contributed by atoms with E-state index in [1.807, 2.05) is 0 Å². The molecule has 0 saturated heterocycles. The topological polar surface area (TPSA) is 93.9 Å². The molecule has 31 heavy (non-hydrogen) atoms. The molecular formula is C24H15NO6. The van der Waals surface area contributed by atoms with Crippen LogP contribution in [0.4, 0.5) is 5.69 Å². The number of Topliss-reactive ketones (excluding diaryl/α,β-unsaturated/α-hetero) is 2. The van der Waals surface area contributed by atoms with Crippen LogP contribution in [0.3, 0.4) is 0 Å². The van der Waals surface area contributed by atoms with Gasteiger partial charge in [-0.1, -0.05) is 42.5 Å².